The first-order valence-electron chi connectivity index (χ1n) is 4.07. The zero-order valence-electron chi connectivity index (χ0n) is 7.96. The van der Waals surface area contributed by atoms with E-state index in [9.17, 15) is 0 Å². The van der Waals surface area contributed by atoms with Gasteiger partial charge in [0.05, 0.1) is 5.69 Å². The first-order valence-corrected chi connectivity index (χ1v) is 6.23. The second-order valence-corrected chi connectivity index (χ2v) is 5.25. The van der Waals surface area contributed by atoms with Gasteiger partial charge in [-0.1, -0.05) is 0 Å². The lowest BCUT2D eigenvalue weighted by molar-refractivity contribution is 1.33. The Morgan fingerprint density at radius 2 is 1.94 bits per heavy atom. The predicted molar refractivity (Wildman–Crippen MR) is 80.5 cm³/mol. The Morgan fingerprint density at radius 3 is 2.38 bits per heavy atom. The minimum absolute atomic E-state index is 0.131. The summed E-state index contributed by atoms with van der Waals surface area (Å²) in [5.41, 5.74) is 8.48. The molecule has 82 valence electrons. The molecule has 0 spiro atoms. The van der Waals surface area contributed by atoms with Crippen molar-refractivity contribution in [2.24, 2.45) is 10.8 Å². The van der Waals surface area contributed by atoms with Crippen LogP contribution in [0.5, 0.6) is 0 Å². The number of amidine groups is 1. The van der Waals surface area contributed by atoms with Gasteiger partial charge in [0.1, 0.15) is 6.07 Å². The van der Waals surface area contributed by atoms with Crippen LogP contribution in [0.1, 0.15) is 0 Å². The Morgan fingerprint density at radius 1 is 1.38 bits per heavy atom. The average molecular weight is 439 g/mol. The Bertz CT molecular complexity index is 469. The van der Waals surface area contributed by atoms with E-state index in [1.165, 1.54) is 0 Å². The van der Waals surface area contributed by atoms with E-state index in [0.29, 0.717) is 0 Å². The molecular formula is C9H7I2N5. The Labute approximate surface area is 120 Å². The maximum absolute atomic E-state index is 8.64. The van der Waals surface area contributed by atoms with Gasteiger partial charge < -0.3 is 5.73 Å². The van der Waals surface area contributed by atoms with E-state index in [2.05, 4.69) is 55.7 Å². The van der Waals surface area contributed by atoms with Gasteiger partial charge in [-0.15, -0.1) is 0 Å². The fourth-order valence-corrected chi connectivity index (χ4v) is 2.82. The Hall–Kier alpha value is -0.890. The lowest BCUT2D eigenvalue weighted by atomic mass is 10.3. The number of nitrogens with zero attached hydrogens (tertiary/aromatic N) is 2. The molecule has 4 N–H and O–H groups in total. The van der Waals surface area contributed by atoms with Crippen LogP contribution in [0.4, 0.5) is 5.69 Å². The number of hydrogen-bond donors (Lipinski definition) is 3. The maximum Gasteiger partial charge on any atom is 0.201 e. The molecule has 0 aliphatic carbocycles. The highest BCUT2D eigenvalue weighted by atomic mass is 127. The minimum atomic E-state index is -0.352. The third-order valence-corrected chi connectivity index (χ3v) is 2.77. The summed E-state index contributed by atoms with van der Waals surface area (Å²) in [5.74, 6) is -0.352. The summed E-state index contributed by atoms with van der Waals surface area (Å²) in [6.07, 6.45) is 0. The lowest BCUT2D eigenvalue weighted by Crippen LogP contribution is -2.21. The number of nitrogens with one attached hydrogen (secondary N) is 2. The molecule has 0 fully saturated rings. The molecule has 16 heavy (non-hydrogen) atoms. The van der Waals surface area contributed by atoms with Crippen molar-refractivity contribution in [2.75, 3.05) is 5.43 Å². The molecule has 1 aromatic rings. The zero-order chi connectivity index (χ0) is 12.1. The molecule has 1 aromatic carbocycles. The quantitative estimate of drug-likeness (QED) is 0.292. The van der Waals surface area contributed by atoms with E-state index in [1.807, 2.05) is 18.2 Å². The first-order chi connectivity index (χ1) is 7.52. The molecule has 0 bridgehead atoms. The number of hydrazone groups is 1. The van der Waals surface area contributed by atoms with Crippen molar-refractivity contribution >= 4 is 62.4 Å². The smallest absolute Gasteiger partial charge is 0.201 e. The molecule has 0 unspecified atom stereocenters. The van der Waals surface area contributed by atoms with Gasteiger partial charge in [-0.05, 0) is 63.4 Å². The van der Waals surface area contributed by atoms with Gasteiger partial charge in [0.15, 0.2) is 5.84 Å². The predicted octanol–water partition coefficient (Wildman–Crippen LogP) is 2.12. The average Bonchev–Trinajstić information content (AvgIpc) is 2.16. The zero-order valence-corrected chi connectivity index (χ0v) is 12.3. The van der Waals surface area contributed by atoms with Gasteiger partial charge in [-0.2, -0.15) is 10.4 Å². The van der Waals surface area contributed by atoms with E-state index >= 15 is 0 Å². The van der Waals surface area contributed by atoms with Crippen LogP contribution >= 0.6 is 45.2 Å². The van der Waals surface area contributed by atoms with Crippen molar-refractivity contribution in [1.82, 2.24) is 0 Å². The highest BCUT2D eigenvalue weighted by Crippen LogP contribution is 2.18. The molecule has 7 heteroatoms. The normalized spacial score (nSPS) is 10.7. The summed E-state index contributed by atoms with van der Waals surface area (Å²) in [6, 6.07) is 7.49. The Kier molecular flexibility index (Phi) is 4.94. The van der Waals surface area contributed by atoms with E-state index in [1.54, 1.807) is 6.07 Å². The van der Waals surface area contributed by atoms with Crippen molar-refractivity contribution in [3.05, 3.63) is 25.3 Å². The summed E-state index contributed by atoms with van der Waals surface area (Å²) < 4.78 is 2.12. The van der Waals surface area contributed by atoms with E-state index < -0.39 is 0 Å². The maximum atomic E-state index is 8.64. The number of hydrogen-bond acceptors (Lipinski definition) is 4. The summed E-state index contributed by atoms with van der Waals surface area (Å²) in [7, 11) is 0. The highest BCUT2D eigenvalue weighted by Gasteiger charge is 2.01. The van der Waals surface area contributed by atoms with Gasteiger partial charge in [0.2, 0.25) is 5.71 Å². The summed E-state index contributed by atoms with van der Waals surface area (Å²) in [6.45, 7) is 0. The fraction of sp³-hybridized carbons (Fsp3) is 0. The third-order valence-electron chi connectivity index (χ3n) is 1.52. The summed E-state index contributed by atoms with van der Waals surface area (Å²) in [4.78, 5) is 0. The van der Waals surface area contributed by atoms with Gasteiger partial charge in [0, 0.05) is 7.14 Å². The van der Waals surface area contributed by atoms with Gasteiger partial charge in [0.25, 0.3) is 0 Å². The fourth-order valence-electron chi connectivity index (χ4n) is 0.884. The summed E-state index contributed by atoms with van der Waals surface area (Å²) >= 11 is 4.37. The van der Waals surface area contributed by atoms with Crippen molar-refractivity contribution < 1.29 is 0 Å². The topological polar surface area (TPSA) is 98.0 Å². The molecule has 0 saturated heterocycles. The number of nitriles is 1. The van der Waals surface area contributed by atoms with Gasteiger partial charge in [-0.25, -0.2) is 0 Å². The van der Waals surface area contributed by atoms with E-state index in [0.717, 1.165) is 12.8 Å². The van der Waals surface area contributed by atoms with Crippen molar-refractivity contribution in [1.29, 1.82) is 10.7 Å². The number of rotatable bonds is 3. The van der Waals surface area contributed by atoms with Crippen molar-refractivity contribution in [3.63, 3.8) is 0 Å². The van der Waals surface area contributed by atoms with E-state index in [4.69, 9.17) is 16.4 Å². The van der Waals surface area contributed by atoms with Crippen LogP contribution in [0.25, 0.3) is 0 Å². The second-order valence-electron chi connectivity index (χ2n) is 2.76. The number of halogens is 2. The molecular weight excluding hydrogens is 432 g/mol. The third kappa shape index (κ3) is 3.93. The number of anilines is 1. The number of benzene rings is 1. The Balaban J connectivity index is 2.90. The molecule has 0 aromatic heterocycles. The molecule has 0 aliphatic rings. The molecule has 5 nitrogen and oxygen atoms in total. The molecule has 0 saturated carbocycles. The first kappa shape index (κ1) is 13.2. The molecule has 0 radical (unpaired) electrons. The monoisotopic (exact) mass is 439 g/mol. The molecule has 0 atom stereocenters. The molecule has 1 rings (SSSR count). The van der Waals surface area contributed by atoms with Crippen LogP contribution in [-0.4, -0.2) is 11.5 Å². The minimum Gasteiger partial charge on any atom is -0.382 e. The van der Waals surface area contributed by atoms with Crippen LogP contribution in [0, 0.1) is 23.9 Å². The van der Waals surface area contributed by atoms with Crippen molar-refractivity contribution in [2.45, 2.75) is 0 Å². The van der Waals surface area contributed by atoms with Crippen LogP contribution in [0.15, 0.2) is 23.3 Å². The second kappa shape index (κ2) is 6.00. The summed E-state index contributed by atoms with van der Waals surface area (Å²) in [5, 5.41) is 19.5. The number of nitrogens with two attached hydrogens (primary N) is 1. The van der Waals surface area contributed by atoms with Crippen LogP contribution < -0.4 is 11.2 Å². The van der Waals surface area contributed by atoms with Crippen LogP contribution in [0.2, 0.25) is 0 Å². The largest absolute Gasteiger partial charge is 0.382 e. The van der Waals surface area contributed by atoms with Crippen LogP contribution in [0.3, 0.4) is 0 Å². The standard InChI is InChI=1S/C9H7I2N5/c10-5-1-6(11)3-7(2-5)15-16-8(4-12)9(13)14/h1-3,15H,(H3,13,14)/b16-8+. The van der Waals surface area contributed by atoms with Gasteiger partial charge in [-0.3, -0.25) is 10.8 Å². The highest BCUT2D eigenvalue weighted by molar-refractivity contribution is 14.1. The molecule has 0 amide bonds. The van der Waals surface area contributed by atoms with Crippen molar-refractivity contribution in [3.8, 4) is 6.07 Å². The van der Waals surface area contributed by atoms with Gasteiger partial charge >= 0.3 is 0 Å². The lowest BCUT2D eigenvalue weighted by Gasteiger charge is -2.02. The molecule has 0 heterocycles. The van der Waals surface area contributed by atoms with Crippen LogP contribution in [-0.2, 0) is 0 Å². The van der Waals surface area contributed by atoms with E-state index in [-0.39, 0.29) is 11.5 Å². The molecule has 0 aliphatic heterocycles. The SMILES string of the molecule is N#C/C(=N\Nc1cc(I)cc(I)c1)C(=N)N.